The molecule has 1 amide bonds. The van der Waals surface area contributed by atoms with Gasteiger partial charge < -0.3 is 19.7 Å². The van der Waals surface area contributed by atoms with Crippen molar-refractivity contribution in [3.8, 4) is 5.75 Å². The van der Waals surface area contributed by atoms with E-state index in [0.29, 0.717) is 38.5 Å². The van der Waals surface area contributed by atoms with E-state index in [9.17, 15) is 9.18 Å². The van der Waals surface area contributed by atoms with Gasteiger partial charge in [-0.25, -0.2) is 4.39 Å². The number of likely N-dealkylation sites (tertiary alicyclic amines) is 1. The van der Waals surface area contributed by atoms with Gasteiger partial charge in [0.1, 0.15) is 24.3 Å². The summed E-state index contributed by atoms with van der Waals surface area (Å²) in [5.74, 6) is 0.628. The Morgan fingerprint density at radius 3 is 2.80 bits per heavy atom. The van der Waals surface area contributed by atoms with Crippen molar-refractivity contribution in [2.45, 2.75) is 37.8 Å². The van der Waals surface area contributed by atoms with E-state index in [1.807, 2.05) is 11.0 Å². The first-order valence-corrected chi connectivity index (χ1v) is 10.8. The third-order valence-electron chi connectivity index (χ3n) is 5.92. The normalized spacial score (nSPS) is 21.0. The summed E-state index contributed by atoms with van der Waals surface area (Å²) in [6.07, 6.45) is 3.34. The van der Waals surface area contributed by atoms with Crippen molar-refractivity contribution in [2.75, 3.05) is 32.8 Å². The van der Waals surface area contributed by atoms with Crippen LogP contribution in [0, 0.1) is 5.82 Å². The number of carbonyl (C=O) groups is 1. The molecule has 2 heterocycles. The Morgan fingerprint density at radius 2 is 1.93 bits per heavy atom. The number of benzene rings is 2. The fourth-order valence-electron chi connectivity index (χ4n) is 4.32. The van der Waals surface area contributed by atoms with Crippen LogP contribution in [-0.2, 0) is 16.0 Å². The molecule has 2 aliphatic heterocycles. The fourth-order valence-corrected chi connectivity index (χ4v) is 4.32. The molecule has 1 fully saturated rings. The lowest BCUT2D eigenvalue weighted by Gasteiger charge is -2.32. The van der Waals surface area contributed by atoms with E-state index < -0.39 is 0 Å². The molecule has 0 radical (unpaired) electrons. The number of fused-ring (bicyclic) bond motifs is 1. The van der Waals surface area contributed by atoms with Crippen LogP contribution < -0.4 is 10.1 Å². The van der Waals surface area contributed by atoms with Crippen LogP contribution in [0.5, 0.6) is 5.75 Å². The van der Waals surface area contributed by atoms with Crippen molar-refractivity contribution in [1.82, 2.24) is 10.2 Å². The van der Waals surface area contributed by atoms with Crippen LogP contribution in [0.2, 0.25) is 0 Å². The molecule has 160 valence electrons. The number of hydrogen-bond acceptors (Lipinski definition) is 4. The molecule has 2 aromatic carbocycles. The van der Waals surface area contributed by atoms with Gasteiger partial charge in [-0.2, -0.15) is 0 Å². The predicted molar refractivity (Wildman–Crippen MR) is 113 cm³/mol. The average molecular weight is 413 g/mol. The van der Waals surface area contributed by atoms with Gasteiger partial charge in [0.25, 0.3) is 0 Å². The monoisotopic (exact) mass is 412 g/mol. The quantitative estimate of drug-likeness (QED) is 0.641. The molecule has 0 unspecified atom stereocenters. The second kappa shape index (κ2) is 10.0. The summed E-state index contributed by atoms with van der Waals surface area (Å²) in [6.45, 7) is 3.39. The second-order valence-electron chi connectivity index (χ2n) is 7.89. The minimum atomic E-state index is -0.266. The number of rotatable bonds is 9. The molecule has 1 saturated heterocycles. The highest BCUT2D eigenvalue weighted by molar-refractivity contribution is 5.78. The van der Waals surface area contributed by atoms with E-state index in [4.69, 9.17) is 9.47 Å². The zero-order chi connectivity index (χ0) is 20.8. The van der Waals surface area contributed by atoms with E-state index in [1.165, 1.54) is 23.3 Å². The number of hydrogen-bond donors (Lipinski definition) is 1. The number of ether oxygens (including phenoxy) is 2. The number of amides is 1. The molecule has 2 aliphatic rings. The maximum Gasteiger partial charge on any atom is 0.222 e. The van der Waals surface area contributed by atoms with Crippen LogP contribution in [0.25, 0.3) is 0 Å². The molecule has 2 aromatic rings. The maximum absolute atomic E-state index is 12.9. The fraction of sp³-hybridized carbons (Fsp3) is 0.458. The molecule has 0 aromatic heterocycles. The smallest absolute Gasteiger partial charge is 0.222 e. The van der Waals surface area contributed by atoms with Crippen LogP contribution in [0.1, 0.15) is 36.5 Å². The highest BCUT2D eigenvalue weighted by atomic mass is 19.1. The molecule has 5 nitrogen and oxygen atoms in total. The Balaban J connectivity index is 1.21. The van der Waals surface area contributed by atoms with Crippen molar-refractivity contribution >= 4 is 5.91 Å². The van der Waals surface area contributed by atoms with Gasteiger partial charge in [-0.15, -0.1) is 0 Å². The molecule has 1 N–H and O–H groups in total. The molecule has 4 rings (SSSR count). The van der Waals surface area contributed by atoms with Gasteiger partial charge in [0.15, 0.2) is 0 Å². The summed E-state index contributed by atoms with van der Waals surface area (Å²) < 4.78 is 24.5. The summed E-state index contributed by atoms with van der Waals surface area (Å²) in [6, 6.07) is 14.7. The molecule has 6 heteroatoms. The SMILES string of the molecule is O=C1CC[C@@H](CCNCCOc2ccc(F)cc2)N1C[C@H]1OCCc2ccccc21. The van der Waals surface area contributed by atoms with E-state index in [-0.39, 0.29) is 23.9 Å². The van der Waals surface area contributed by atoms with Crippen LogP contribution in [-0.4, -0.2) is 49.7 Å². The first-order chi connectivity index (χ1) is 14.7. The summed E-state index contributed by atoms with van der Waals surface area (Å²) in [4.78, 5) is 14.5. The van der Waals surface area contributed by atoms with Crippen molar-refractivity contribution in [3.63, 3.8) is 0 Å². The standard InChI is InChI=1S/C24H29FN2O3/c25-19-5-8-21(9-6-19)29-16-14-26-13-11-20-7-10-24(28)27(20)17-23-22-4-2-1-3-18(22)12-15-30-23/h1-6,8-9,20,23,26H,7,10-17H2/t20-,23+/m0/s1. The van der Waals surface area contributed by atoms with E-state index in [2.05, 4.69) is 23.5 Å². The zero-order valence-corrected chi connectivity index (χ0v) is 17.2. The van der Waals surface area contributed by atoms with Gasteiger partial charge in [-0.05, 0) is 61.2 Å². The Labute approximate surface area is 177 Å². The van der Waals surface area contributed by atoms with E-state index >= 15 is 0 Å². The minimum Gasteiger partial charge on any atom is -0.492 e. The molecular weight excluding hydrogens is 383 g/mol. The van der Waals surface area contributed by atoms with Crippen LogP contribution in [0.3, 0.4) is 0 Å². The molecule has 0 saturated carbocycles. The Kier molecular flexibility index (Phi) is 6.97. The lowest BCUT2D eigenvalue weighted by molar-refractivity contribution is -0.131. The van der Waals surface area contributed by atoms with Crippen LogP contribution in [0.15, 0.2) is 48.5 Å². The highest BCUT2D eigenvalue weighted by Crippen LogP contribution is 2.31. The maximum atomic E-state index is 12.9. The molecular formula is C24H29FN2O3. The molecule has 2 atom stereocenters. The predicted octanol–water partition coefficient (Wildman–Crippen LogP) is 3.49. The minimum absolute atomic E-state index is 0.0310. The largest absolute Gasteiger partial charge is 0.492 e. The van der Waals surface area contributed by atoms with Crippen LogP contribution >= 0.6 is 0 Å². The van der Waals surface area contributed by atoms with E-state index in [1.54, 1.807) is 12.1 Å². The molecule has 0 spiro atoms. The Bertz CT molecular complexity index is 843. The molecule has 30 heavy (non-hydrogen) atoms. The van der Waals surface area contributed by atoms with Gasteiger partial charge in [-0.1, -0.05) is 24.3 Å². The molecule has 0 bridgehead atoms. The lowest BCUT2D eigenvalue weighted by Crippen LogP contribution is -2.39. The average Bonchev–Trinajstić information content (AvgIpc) is 3.11. The highest BCUT2D eigenvalue weighted by Gasteiger charge is 2.34. The lowest BCUT2D eigenvalue weighted by atomic mass is 9.97. The van der Waals surface area contributed by atoms with Gasteiger partial charge in [0.05, 0.1) is 13.2 Å². The topological polar surface area (TPSA) is 50.8 Å². The van der Waals surface area contributed by atoms with E-state index in [0.717, 1.165) is 25.8 Å². The van der Waals surface area contributed by atoms with Gasteiger partial charge in [-0.3, -0.25) is 4.79 Å². The molecule has 0 aliphatic carbocycles. The summed E-state index contributed by atoms with van der Waals surface area (Å²) >= 11 is 0. The summed E-state index contributed by atoms with van der Waals surface area (Å²) in [7, 11) is 0. The van der Waals surface area contributed by atoms with Crippen molar-refractivity contribution in [3.05, 3.63) is 65.5 Å². The van der Waals surface area contributed by atoms with Gasteiger partial charge in [0.2, 0.25) is 5.91 Å². The zero-order valence-electron chi connectivity index (χ0n) is 17.2. The van der Waals surface area contributed by atoms with Gasteiger partial charge in [0, 0.05) is 19.0 Å². The number of nitrogens with one attached hydrogen (secondary N) is 1. The second-order valence-corrected chi connectivity index (χ2v) is 7.89. The van der Waals surface area contributed by atoms with Crippen molar-refractivity contribution < 1.29 is 18.7 Å². The Morgan fingerprint density at radius 1 is 1.10 bits per heavy atom. The summed E-state index contributed by atoms with van der Waals surface area (Å²) in [5.41, 5.74) is 2.55. The number of halogens is 1. The third-order valence-corrected chi connectivity index (χ3v) is 5.92. The first-order valence-electron chi connectivity index (χ1n) is 10.8. The first kappa shape index (κ1) is 20.8. The van der Waals surface area contributed by atoms with Crippen molar-refractivity contribution in [2.24, 2.45) is 0 Å². The summed E-state index contributed by atoms with van der Waals surface area (Å²) in [5, 5.41) is 3.38. The number of nitrogens with zero attached hydrogens (tertiary/aromatic N) is 1. The number of carbonyl (C=O) groups excluding carboxylic acids is 1. The van der Waals surface area contributed by atoms with Crippen LogP contribution in [0.4, 0.5) is 4.39 Å². The van der Waals surface area contributed by atoms with Gasteiger partial charge >= 0.3 is 0 Å². The Hall–Kier alpha value is -2.44. The third kappa shape index (κ3) is 5.18. The van der Waals surface area contributed by atoms with Crippen molar-refractivity contribution in [1.29, 1.82) is 0 Å².